The Balaban J connectivity index is 1.96. The molecule has 0 saturated carbocycles. The molecular weight excluding hydrogens is 326 g/mol. The fraction of sp³-hybridized carbons (Fsp3) is 0.333. The first-order chi connectivity index (χ1) is 11.5. The highest BCUT2D eigenvalue weighted by atomic mass is 32.1. The van der Waals surface area contributed by atoms with Gasteiger partial charge in [-0.3, -0.25) is 4.79 Å². The van der Waals surface area contributed by atoms with Crippen molar-refractivity contribution in [1.29, 1.82) is 0 Å². The fourth-order valence-corrected chi connectivity index (χ4v) is 3.20. The van der Waals surface area contributed by atoms with Crippen molar-refractivity contribution in [3.63, 3.8) is 0 Å². The Kier molecular flexibility index (Phi) is 6.37. The zero-order valence-electron chi connectivity index (χ0n) is 14.0. The summed E-state index contributed by atoms with van der Waals surface area (Å²) in [5.74, 6) is 0.119. The molecule has 1 heterocycles. The number of rotatable bonds is 7. The van der Waals surface area contributed by atoms with Gasteiger partial charge in [0.15, 0.2) is 0 Å². The second-order valence-corrected chi connectivity index (χ2v) is 6.39. The molecule has 128 valence electrons. The Morgan fingerprint density at radius 3 is 2.54 bits per heavy atom. The maximum absolute atomic E-state index is 12.1. The van der Waals surface area contributed by atoms with Crippen LogP contribution >= 0.6 is 11.3 Å². The van der Waals surface area contributed by atoms with Gasteiger partial charge in [0.05, 0.1) is 25.2 Å². The molecule has 0 aliphatic heterocycles. The molecule has 0 bridgehead atoms. The van der Waals surface area contributed by atoms with Gasteiger partial charge < -0.3 is 14.8 Å². The van der Waals surface area contributed by atoms with Crippen molar-refractivity contribution in [2.75, 3.05) is 18.5 Å². The molecule has 1 amide bonds. The lowest BCUT2D eigenvalue weighted by atomic mass is 10.1. The number of hydrogen-bond acceptors (Lipinski definition) is 5. The van der Waals surface area contributed by atoms with E-state index in [4.69, 9.17) is 9.47 Å². The first-order valence-corrected chi connectivity index (χ1v) is 8.59. The van der Waals surface area contributed by atoms with E-state index in [0.717, 1.165) is 16.2 Å². The molecule has 2 rings (SSSR count). The summed E-state index contributed by atoms with van der Waals surface area (Å²) < 4.78 is 10.6. The average molecular weight is 347 g/mol. The monoisotopic (exact) mass is 347 g/mol. The number of esters is 1. The summed E-state index contributed by atoms with van der Waals surface area (Å²) in [6.45, 7) is 6.09. The Morgan fingerprint density at radius 2 is 1.88 bits per heavy atom. The van der Waals surface area contributed by atoms with Crippen molar-refractivity contribution in [1.82, 2.24) is 0 Å². The number of hydrogen-bond donors (Lipinski definition) is 1. The Labute approximate surface area is 145 Å². The van der Waals surface area contributed by atoms with Gasteiger partial charge >= 0.3 is 5.97 Å². The quantitative estimate of drug-likeness (QED) is 0.770. The summed E-state index contributed by atoms with van der Waals surface area (Å²) >= 11 is 1.38. The third-order valence-corrected chi connectivity index (χ3v) is 4.58. The molecule has 1 N–H and O–H groups in total. The van der Waals surface area contributed by atoms with Gasteiger partial charge in [-0.05, 0) is 38.5 Å². The smallest absolute Gasteiger partial charge is 0.341 e. The van der Waals surface area contributed by atoms with E-state index in [1.54, 1.807) is 6.92 Å². The highest BCUT2D eigenvalue weighted by Gasteiger charge is 2.21. The summed E-state index contributed by atoms with van der Waals surface area (Å²) in [6, 6.07) is 9.32. The number of anilines is 1. The van der Waals surface area contributed by atoms with Crippen molar-refractivity contribution in [2.24, 2.45) is 0 Å². The molecule has 5 nitrogen and oxygen atoms in total. The molecule has 0 aliphatic carbocycles. The molecule has 0 unspecified atom stereocenters. The largest absolute Gasteiger partial charge is 0.493 e. The molecular formula is C18H21NO4S. The van der Waals surface area contributed by atoms with E-state index in [9.17, 15) is 9.59 Å². The Hall–Kier alpha value is -2.34. The maximum Gasteiger partial charge on any atom is 0.341 e. The lowest BCUT2D eigenvalue weighted by Crippen LogP contribution is -2.17. The van der Waals surface area contributed by atoms with Crippen LogP contribution in [0.4, 0.5) is 5.00 Å². The Morgan fingerprint density at radius 1 is 1.17 bits per heavy atom. The fourth-order valence-electron chi connectivity index (χ4n) is 2.13. The van der Waals surface area contributed by atoms with Gasteiger partial charge in [0, 0.05) is 4.88 Å². The van der Waals surface area contributed by atoms with E-state index in [1.165, 1.54) is 11.3 Å². The number of nitrogens with one attached hydrogen (secondary N) is 1. The van der Waals surface area contributed by atoms with Crippen LogP contribution in [0, 0.1) is 13.8 Å². The molecule has 0 radical (unpaired) electrons. The standard InChI is InChI=1S/C18H21NO4S/c1-4-22-18(21)16-12(2)13(3)24-17(16)19-15(20)10-11-23-14-8-6-5-7-9-14/h5-9H,4,10-11H2,1-3H3,(H,19,20). The summed E-state index contributed by atoms with van der Waals surface area (Å²) in [7, 11) is 0. The van der Waals surface area contributed by atoms with Gasteiger partial charge in [-0.15, -0.1) is 11.3 Å². The number of para-hydroxylation sites is 1. The zero-order chi connectivity index (χ0) is 17.5. The van der Waals surface area contributed by atoms with Crippen LogP contribution < -0.4 is 10.1 Å². The van der Waals surface area contributed by atoms with Gasteiger partial charge in [0.1, 0.15) is 10.8 Å². The van der Waals surface area contributed by atoms with Crippen molar-refractivity contribution < 1.29 is 19.1 Å². The van der Waals surface area contributed by atoms with E-state index in [-0.39, 0.29) is 18.9 Å². The minimum Gasteiger partial charge on any atom is -0.493 e. The minimum atomic E-state index is -0.407. The summed E-state index contributed by atoms with van der Waals surface area (Å²) in [5, 5.41) is 3.33. The van der Waals surface area contributed by atoms with E-state index in [1.807, 2.05) is 44.2 Å². The van der Waals surface area contributed by atoms with Crippen molar-refractivity contribution in [2.45, 2.75) is 27.2 Å². The predicted octanol–water partition coefficient (Wildman–Crippen LogP) is 3.95. The van der Waals surface area contributed by atoms with Crippen LogP contribution in [0.2, 0.25) is 0 Å². The van der Waals surface area contributed by atoms with Gasteiger partial charge in [-0.25, -0.2) is 4.79 Å². The zero-order valence-corrected chi connectivity index (χ0v) is 14.9. The van der Waals surface area contributed by atoms with Gasteiger partial charge in [-0.2, -0.15) is 0 Å². The molecule has 24 heavy (non-hydrogen) atoms. The molecule has 6 heteroatoms. The summed E-state index contributed by atoms with van der Waals surface area (Å²) in [4.78, 5) is 25.2. The minimum absolute atomic E-state index is 0.197. The second kappa shape index (κ2) is 8.49. The number of benzene rings is 1. The van der Waals surface area contributed by atoms with Crippen LogP contribution in [0.3, 0.4) is 0 Å². The van der Waals surface area contributed by atoms with E-state index in [0.29, 0.717) is 17.2 Å². The first-order valence-electron chi connectivity index (χ1n) is 7.77. The van der Waals surface area contributed by atoms with E-state index >= 15 is 0 Å². The SMILES string of the molecule is CCOC(=O)c1c(NC(=O)CCOc2ccccc2)sc(C)c1C. The van der Waals surface area contributed by atoms with Crippen molar-refractivity contribution in [3.8, 4) is 5.75 Å². The van der Waals surface area contributed by atoms with E-state index in [2.05, 4.69) is 5.32 Å². The average Bonchev–Trinajstić information content (AvgIpc) is 2.83. The van der Waals surface area contributed by atoms with Gasteiger partial charge in [-0.1, -0.05) is 18.2 Å². The molecule has 0 fully saturated rings. The van der Waals surface area contributed by atoms with Crippen LogP contribution in [-0.4, -0.2) is 25.1 Å². The second-order valence-electron chi connectivity index (χ2n) is 5.17. The third-order valence-electron chi connectivity index (χ3n) is 3.46. The van der Waals surface area contributed by atoms with Crippen molar-refractivity contribution in [3.05, 3.63) is 46.3 Å². The number of carbonyl (C=O) groups is 2. The van der Waals surface area contributed by atoms with E-state index < -0.39 is 5.97 Å². The van der Waals surface area contributed by atoms with Crippen LogP contribution in [0.5, 0.6) is 5.75 Å². The molecule has 0 aliphatic rings. The topological polar surface area (TPSA) is 64.6 Å². The number of thiophene rings is 1. The molecule has 0 saturated heterocycles. The van der Waals surface area contributed by atoms with Crippen LogP contribution in [0.15, 0.2) is 30.3 Å². The number of amides is 1. The van der Waals surface area contributed by atoms with Crippen LogP contribution in [-0.2, 0) is 9.53 Å². The highest BCUT2D eigenvalue weighted by molar-refractivity contribution is 7.16. The van der Waals surface area contributed by atoms with Gasteiger partial charge in [0.2, 0.25) is 5.91 Å². The lowest BCUT2D eigenvalue weighted by Gasteiger charge is -2.08. The molecule has 0 spiro atoms. The number of aryl methyl sites for hydroxylation is 1. The van der Waals surface area contributed by atoms with Gasteiger partial charge in [0.25, 0.3) is 0 Å². The number of ether oxygens (including phenoxy) is 2. The Bertz CT molecular complexity index is 709. The summed E-state index contributed by atoms with van der Waals surface area (Å²) in [5.41, 5.74) is 1.28. The summed E-state index contributed by atoms with van der Waals surface area (Å²) in [6.07, 6.45) is 0.202. The predicted molar refractivity (Wildman–Crippen MR) is 94.9 cm³/mol. The maximum atomic E-state index is 12.1. The van der Waals surface area contributed by atoms with Crippen molar-refractivity contribution >= 4 is 28.2 Å². The van der Waals surface area contributed by atoms with Crippen LogP contribution in [0.1, 0.15) is 34.1 Å². The normalized spacial score (nSPS) is 10.3. The third kappa shape index (κ3) is 4.58. The molecule has 2 aromatic rings. The molecule has 1 aromatic heterocycles. The highest BCUT2D eigenvalue weighted by Crippen LogP contribution is 2.33. The molecule has 0 atom stereocenters. The first kappa shape index (κ1) is 18.0. The van der Waals surface area contributed by atoms with Crippen LogP contribution in [0.25, 0.3) is 0 Å². The number of carbonyl (C=O) groups excluding carboxylic acids is 2. The molecule has 1 aromatic carbocycles. The lowest BCUT2D eigenvalue weighted by molar-refractivity contribution is -0.116.